The van der Waals surface area contributed by atoms with Crippen molar-refractivity contribution in [3.63, 3.8) is 0 Å². The molecule has 3 N–H and O–H groups in total. The number of hydrogen-bond acceptors (Lipinski definition) is 5. The molecule has 0 unspecified atom stereocenters. The molecule has 0 bridgehead atoms. The Morgan fingerprint density at radius 2 is 1.22 bits per heavy atom. The quantitative estimate of drug-likeness (QED) is 0.209. The van der Waals surface area contributed by atoms with Crippen molar-refractivity contribution >= 4 is 46.0 Å². The third-order valence-electron chi connectivity index (χ3n) is 5.20. The molecular formula is C30H27Cl3F2N2O4. The van der Waals surface area contributed by atoms with Crippen LogP contribution < -0.4 is 20.5 Å². The highest BCUT2D eigenvalue weighted by atomic mass is 35.5. The Kier molecular flexibility index (Phi) is 14.1. The van der Waals surface area contributed by atoms with Crippen LogP contribution in [0.15, 0.2) is 84.9 Å². The molecule has 1 amide bonds. The number of amides is 1. The van der Waals surface area contributed by atoms with Crippen molar-refractivity contribution in [2.24, 2.45) is 5.73 Å². The summed E-state index contributed by atoms with van der Waals surface area (Å²) >= 11 is 16.6. The molecule has 0 aliphatic heterocycles. The van der Waals surface area contributed by atoms with Gasteiger partial charge < -0.3 is 20.5 Å². The van der Waals surface area contributed by atoms with E-state index in [0.717, 1.165) is 0 Å². The minimum atomic E-state index is -0.498. The number of rotatable bonds is 7. The lowest BCUT2D eigenvalue weighted by atomic mass is 10.1. The van der Waals surface area contributed by atoms with Gasteiger partial charge in [0.25, 0.3) is 11.1 Å². The van der Waals surface area contributed by atoms with Gasteiger partial charge in [0.2, 0.25) is 0 Å². The van der Waals surface area contributed by atoms with E-state index in [-0.39, 0.29) is 18.3 Å². The fourth-order valence-corrected chi connectivity index (χ4v) is 4.00. The van der Waals surface area contributed by atoms with E-state index in [9.17, 15) is 18.4 Å². The molecule has 0 radical (unpaired) electrons. The van der Waals surface area contributed by atoms with Crippen LogP contribution >= 0.6 is 34.8 Å². The first-order valence-electron chi connectivity index (χ1n) is 11.9. The molecule has 0 spiro atoms. The Morgan fingerprint density at radius 3 is 1.68 bits per heavy atom. The lowest BCUT2D eigenvalue weighted by Crippen LogP contribution is -2.23. The van der Waals surface area contributed by atoms with Gasteiger partial charge in [0, 0.05) is 23.1 Å². The molecule has 0 heterocycles. The molecule has 0 saturated carbocycles. The van der Waals surface area contributed by atoms with Crippen molar-refractivity contribution in [1.82, 2.24) is 5.32 Å². The van der Waals surface area contributed by atoms with E-state index in [2.05, 4.69) is 5.32 Å². The van der Waals surface area contributed by atoms with Crippen molar-refractivity contribution in [1.29, 1.82) is 0 Å². The zero-order valence-corrected chi connectivity index (χ0v) is 24.4. The minimum absolute atomic E-state index is 0.189. The molecule has 0 aliphatic carbocycles. The van der Waals surface area contributed by atoms with Gasteiger partial charge in [-0.05, 0) is 83.4 Å². The number of carbonyl (C=O) groups is 2. The molecule has 0 saturated heterocycles. The SMILES string of the molecule is COc1ccccc1C(=O)Cl.COc1ccccc1C(=O)NCc1cc(F)cc(Cl)c1.NCc1cc(F)cc(Cl)c1. The summed E-state index contributed by atoms with van der Waals surface area (Å²) < 4.78 is 35.7. The Labute approximate surface area is 251 Å². The molecule has 4 aromatic carbocycles. The van der Waals surface area contributed by atoms with Crippen molar-refractivity contribution < 1.29 is 27.8 Å². The predicted molar refractivity (Wildman–Crippen MR) is 158 cm³/mol. The first kappa shape index (κ1) is 33.5. The van der Waals surface area contributed by atoms with Crippen molar-refractivity contribution in [2.75, 3.05) is 14.2 Å². The molecule has 4 aromatic rings. The van der Waals surface area contributed by atoms with Gasteiger partial charge >= 0.3 is 0 Å². The monoisotopic (exact) mass is 622 g/mol. The third kappa shape index (κ3) is 11.4. The second-order valence-corrected chi connectivity index (χ2v) is 9.33. The second-order valence-electron chi connectivity index (χ2n) is 8.12. The molecule has 0 atom stereocenters. The van der Waals surface area contributed by atoms with Gasteiger partial charge in [-0.25, -0.2) is 8.78 Å². The van der Waals surface area contributed by atoms with Crippen LogP contribution in [0.2, 0.25) is 10.0 Å². The molecule has 41 heavy (non-hydrogen) atoms. The summed E-state index contributed by atoms with van der Waals surface area (Å²) in [7, 11) is 3.00. The number of nitrogens with two attached hydrogens (primary N) is 1. The average molecular weight is 624 g/mol. The summed E-state index contributed by atoms with van der Waals surface area (Å²) in [6.45, 7) is 0.506. The summed E-state index contributed by atoms with van der Waals surface area (Å²) in [5, 5.41) is 2.89. The van der Waals surface area contributed by atoms with Crippen LogP contribution in [0.4, 0.5) is 8.78 Å². The summed E-state index contributed by atoms with van der Waals surface area (Å²) in [6.07, 6.45) is 0. The van der Waals surface area contributed by atoms with Gasteiger partial charge in [-0.15, -0.1) is 0 Å². The lowest BCUT2D eigenvalue weighted by molar-refractivity contribution is 0.0947. The van der Waals surface area contributed by atoms with Gasteiger partial charge in [-0.3, -0.25) is 9.59 Å². The number of hydrogen-bond donors (Lipinski definition) is 2. The average Bonchev–Trinajstić information content (AvgIpc) is 2.95. The molecule has 216 valence electrons. The lowest BCUT2D eigenvalue weighted by Gasteiger charge is -2.09. The Hall–Kier alpha value is -3.69. The molecule has 11 heteroatoms. The number of nitrogens with one attached hydrogen (secondary N) is 1. The molecule has 6 nitrogen and oxygen atoms in total. The maximum Gasteiger partial charge on any atom is 0.256 e. The fourth-order valence-electron chi connectivity index (χ4n) is 3.36. The van der Waals surface area contributed by atoms with Crippen LogP contribution in [0, 0.1) is 11.6 Å². The molecule has 0 aromatic heterocycles. The van der Waals surface area contributed by atoms with Crippen LogP contribution in [0.25, 0.3) is 0 Å². The minimum Gasteiger partial charge on any atom is -0.496 e. The van der Waals surface area contributed by atoms with Gasteiger partial charge in [0.1, 0.15) is 23.1 Å². The van der Waals surface area contributed by atoms with Crippen LogP contribution in [0.1, 0.15) is 31.8 Å². The van der Waals surface area contributed by atoms with E-state index in [1.807, 2.05) is 0 Å². The molecule has 4 rings (SSSR count). The van der Waals surface area contributed by atoms with Crippen LogP contribution in [-0.2, 0) is 13.1 Å². The maximum absolute atomic E-state index is 13.2. The highest BCUT2D eigenvalue weighted by Crippen LogP contribution is 2.19. The Balaban J connectivity index is 0.000000236. The fraction of sp³-hybridized carbons (Fsp3) is 0.133. The molecule has 0 fully saturated rings. The standard InChI is InChI=1S/C15H13ClFNO2.C8H7ClO2.C7H7ClFN/c1-20-14-5-3-2-4-13(14)15(19)18-9-10-6-11(16)8-12(17)7-10;1-11-7-5-3-2-4-6(7)8(9)10;8-6-1-5(4-10)2-7(9)3-6/h2-8H,9H2,1H3,(H,18,19);2-5H,1H3;1-3H,4,10H2. The second kappa shape index (κ2) is 17.2. The van der Waals surface area contributed by atoms with E-state index < -0.39 is 11.1 Å². The van der Waals surface area contributed by atoms with E-state index in [1.165, 1.54) is 38.5 Å². The number of para-hydroxylation sites is 2. The van der Waals surface area contributed by atoms with Gasteiger partial charge in [-0.1, -0.05) is 47.5 Å². The number of carbonyl (C=O) groups excluding carboxylic acids is 2. The summed E-state index contributed by atoms with van der Waals surface area (Å²) in [4.78, 5) is 22.8. The number of methoxy groups -OCH3 is 2. The van der Waals surface area contributed by atoms with E-state index in [1.54, 1.807) is 60.7 Å². The Morgan fingerprint density at radius 1 is 0.756 bits per heavy atom. The van der Waals surface area contributed by atoms with E-state index in [4.69, 9.17) is 50.0 Å². The van der Waals surface area contributed by atoms with Crippen LogP contribution in [0.3, 0.4) is 0 Å². The molecular weight excluding hydrogens is 597 g/mol. The number of benzene rings is 4. The normalized spacial score (nSPS) is 9.85. The topological polar surface area (TPSA) is 90.6 Å². The van der Waals surface area contributed by atoms with Crippen molar-refractivity contribution in [3.05, 3.63) is 129 Å². The Bertz CT molecular complexity index is 1430. The first-order valence-corrected chi connectivity index (χ1v) is 13.0. The zero-order valence-electron chi connectivity index (χ0n) is 22.1. The van der Waals surface area contributed by atoms with Crippen LogP contribution in [0.5, 0.6) is 11.5 Å². The van der Waals surface area contributed by atoms with Crippen molar-refractivity contribution in [3.8, 4) is 11.5 Å². The summed E-state index contributed by atoms with van der Waals surface area (Å²) in [5.41, 5.74) is 7.40. The van der Waals surface area contributed by atoms with Gasteiger partial charge in [0.05, 0.1) is 25.3 Å². The highest BCUT2D eigenvalue weighted by Gasteiger charge is 2.11. The predicted octanol–water partition coefficient (Wildman–Crippen LogP) is 7.43. The summed E-state index contributed by atoms with van der Waals surface area (Å²) in [5.74, 6) is -0.0652. The first-order chi connectivity index (χ1) is 19.6. The number of halogens is 5. The largest absolute Gasteiger partial charge is 0.496 e. The zero-order chi connectivity index (χ0) is 30.4. The highest BCUT2D eigenvalue weighted by molar-refractivity contribution is 6.68. The van der Waals surface area contributed by atoms with Crippen LogP contribution in [-0.4, -0.2) is 25.4 Å². The van der Waals surface area contributed by atoms with Gasteiger partial charge in [-0.2, -0.15) is 0 Å². The van der Waals surface area contributed by atoms with E-state index >= 15 is 0 Å². The molecule has 0 aliphatic rings. The maximum atomic E-state index is 13.2. The van der Waals surface area contributed by atoms with E-state index in [0.29, 0.717) is 50.3 Å². The van der Waals surface area contributed by atoms with Gasteiger partial charge in [0.15, 0.2) is 0 Å². The summed E-state index contributed by atoms with van der Waals surface area (Å²) in [6, 6.07) is 22.1. The van der Waals surface area contributed by atoms with Crippen molar-refractivity contribution in [2.45, 2.75) is 13.1 Å². The smallest absolute Gasteiger partial charge is 0.256 e. The number of ether oxygens (including phenoxy) is 2. The third-order valence-corrected chi connectivity index (χ3v) is 5.84.